The Morgan fingerprint density at radius 1 is 2.00 bits per heavy atom. The lowest BCUT2D eigenvalue weighted by atomic mass is 10.4. The van der Waals surface area contributed by atoms with Gasteiger partial charge in [0.1, 0.15) is 0 Å². The fourth-order valence-corrected chi connectivity index (χ4v) is 0.899. The molecule has 0 aromatic heterocycles. The Morgan fingerprint density at radius 3 is 3.11 bits per heavy atom. The van der Waals surface area contributed by atoms with Crippen LogP contribution >= 0.6 is 11.8 Å². The number of rotatable bonds is 4. The third-order valence-electron chi connectivity index (χ3n) is 1.28. The maximum Gasteiger partial charge on any atom is 0.0725 e. The summed E-state index contributed by atoms with van der Waals surface area (Å²) in [7, 11) is 0. The molecule has 0 bridgehead atoms. The fourth-order valence-electron chi connectivity index (χ4n) is 0.491. The first-order chi connectivity index (χ1) is 4.33. The zero-order valence-electron chi connectivity index (χ0n) is 5.67. The van der Waals surface area contributed by atoms with Gasteiger partial charge in [-0.05, 0) is 6.92 Å². The highest BCUT2D eigenvalue weighted by Gasteiger charge is 2.22. The van der Waals surface area contributed by atoms with E-state index in [2.05, 4.69) is 6.58 Å². The summed E-state index contributed by atoms with van der Waals surface area (Å²) in [6.45, 7) is 6.54. The van der Waals surface area contributed by atoms with Crippen molar-refractivity contribution in [3.05, 3.63) is 12.7 Å². The molecular formula is C7H12OS. The molecule has 0 unspecified atom stereocenters. The summed E-state index contributed by atoms with van der Waals surface area (Å²) in [6, 6.07) is 0. The summed E-state index contributed by atoms with van der Waals surface area (Å²) in [5.41, 5.74) is 0. The van der Waals surface area contributed by atoms with Gasteiger partial charge in [-0.15, -0.1) is 6.58 Å². The van der Waals surface area contributed by atoms with Gasteiger partial charge in [-0.25, -0.2) is 0 Å². The van der Waals surface area contributed by atoms with Crippen LogP contribution in [0.15, 0.2) is 12.7 Å². The smallest absolute Gasteiger partial charge is 0.0725 e. The molecule has 1 heterocycles. The molecule has 2 heteroatoms. The maximum atomic E-state index is 5.38. The molecule has 1 aliphatic rings. The molecule has 1 saturated heterocycles. The fraction of sp³-hybridized carbons (Fsp3) is 0.714. The average molecular weight is 144 g/mol. The monoisotopic (exact) mass is 144 g/mol. The maximum absolute atomic E-state index is 5.38. The van der Waals surface area contributed by atoms with Crippen LogP contribution in [0.2, 0.25) is 0 Å². The summed E-state index contributed by atoms with van der Waals surface area (Å²) < 4.78 is 5.38. The van der Waals surface area contributed by atoms with E-state index in [-0.39, 0.29) is 6.10 Å². The third-order valence-corrected chi connectivity index (χ3v) is 2.22. The zero-order valence-corrected chi connectivity index (χ0v) is 6.49. The zero-order chi connectivity index (χ0) is 6.69. The first-order valence-electron chi connectivity index (χ1n) is 3.18. The van der Waals surface area contributed by atoms with E-state index in [0.717, 1.165) is 11.9 Å². The minimum Gasteiger partial charge on any atom is -0.373 e. The number of hydrogen-bond acceptors (Lipinski definition) is 2. The van der Waals surface area contributed by atoms with Crippen molar-refractivity contribution in [2.45, 2.75) is 18.3 Å². The van der Waals surface area contributed by atoms with E-state index in [1.807, 2.05) is 24.8 Å². The van der Waals surface area contributed by atoms with E-state index in [9.17, 15) is 0 Å². The molecule has 0 N–H and O–H groups in total. The molecule has 0 aliphatic carbocycles. The predicted octanol–water partition coefficient (Wildman–Crippen LogP) is 1.69. The number of thioether (sulfide) groups is 1. The van der Waals surface area contributed by atoms with E-state index < -0.39 is 0 Å². The van der Waals surface area contributed by atoms with Gasteiger partial charge in [0, 0.05) is 11.0 Å². The van der Waals surface area contributed by atoms with Gasteiger partial charge in [0.25, 0.3) is 0 Å². The van der Waals surface area contributed by atoms with Crippen LogP contribution < -0.4 is 0 Å². The molecule has 1 nitrogen and oxygen atoms in total. The van der Waals surface area contributed by atoms with Crippen molar-refractivity contribution >= 4 is 11.8 Å². The molecule has 0 spiro atoms. The lowest BCUT2D eigenvalue weighted by Gasteiger charge is -2.05. The molecule has 9 heavy (non-hydrogen) atoms. The molecule has 1 fully saturated rings. The molecule has 0 amide bonds. The quantitative estimate of drug-likeness (QED) is 0.438. The Balaban J connectivity index is 1.95. The summed E-state index contributed by atoms with van der Waals surface area (Å²) in [4.78, 5) is 0. The van der Waals surface area contributed by atoms with Crippen LogP contribution in [0.1, 0.15) is 6.92 Å². The van der Waals surface area contributed by atoms with Crippen molar-refractivity contribution in [2.75, 3.05) is 12.4 Å². The Hall–Kier alpha value is 0.0500. The van der Waals surface area contributed by atoms with Crippen LogP contribution in [0.4, 0.5) is 0 Å². The largest absolute Gasteiger partial charge is 0.373 e. The Labute approximate surface area is 60.5 Å². The molecule has 0 saturated carbocycles. The normalized spacial score (nSPS) is 27.4. The standard InChI is InChI=1S/C7H12OS/c1-3-6(2)8-4-7-5-9-7/h3,6-7H,1,4-5H2,2H3/t6-,7+/m1/s1. The highest BCUT2D eigenvalue weighted by Crippen LogP contribution is 2.30. The molecule has 52 valence electrons. The Bertz CT molecular complexity index is 99.1. The second-order valence-corrected chi connectivity index (χ2v) is 3.56. The van der Waals surface area contributed by atoms with Gasteiger partial charge in [0.05, 0.1) is 12.7 Å². The van der Waals surface area contributed by atoms with Crippen molar-refractivity contribution in [2.24, 2.45) is 0 Å². The van der Waals surface area contributed by atoms with Gasteiger partial charge >= 0.3 is 0 Å². The lowest BCUT2D eigenvalue weighted by molar-refractivity contribution is 0.105. The summed E-state index contributed by atoms with van der Waals surface area (Å²) >= 11 is 1.96. The van der Waals surface area contributed by atoms with E-state index in [0.29, 0.717) is 0 Å². The minimum atomic E-state index is 0.228. The first kappa shape index (κ1) is 7.16. The van der Waals surface area contributed by atoms with Crippen molar-refractivity contribution in [3.63, 3.8) is 0 Å². The van der Waals surface area contributed by atoms with Gasteiger partial charge < -0.3 is 4.74 Å². The Kier molecular flexibility index (Phi) is 2.61. The van der Waals surface area contributed by atoms with Gasteiger partial charge in [-0.1, -0.05) is 6.08 Å². The third kappa shape index (κ3) is 2.92. The van der Waals surface area contributed by atoms with Crippen molar-refractivity contribution < 1.29 is 4.74 Å². The summed E-state index contributed by atoms with van der Waals surface area (Å²) in [5, 5.41) is 0.785. The SMILES string of the molecule is C=C[C@@H](C)OC[C@H]1CS1. The van der Waals surface area contributed by atoms with E-state index in [1.165, 1.54) is 5.75 Å². The van der Waals surface area contributed by atoms with Crippen LogP contribution in [-0.2, 0) is 4.74 Å². The van der Waals surface area contributed by atoms with E-state index in [1.54, 1.807) is 0 Å². The topological polar surface area (TPSA) is 9.23 Å². The van der Waals surface area contributed by atoms with E-state index >= 15 is 0 Å². The predicted molar refractivity (Wildman–Crippen MR) is 41.9 cm³/mol. The van der Waals surface area contributed by atoms with Gasteiger partial charge in [0.15, 0.2) is 0 Å². The highest BCUT2D eigenvalue weighted by atomic mass is 32.2. The minimum absolute atomic E-state index is 0.228. The van der Waals surface area contributed by atoms with E-state index in [4.69, 9.17) is 4.74 Å². The van der Waals surface area contributed by atoms with Crippen LogP contribution in [-0.4, -0.2) is 23.7 Å². The van der Waals surface area contributed by atoms with Gasteiger partial charge in [0.2, 0.25) is 0 Å². The van der Waals surface area contributed by atoms with Gasteiger partial charge in [-0.3, -0.25) is 0 Å². The van der Waals surface area contributed by atoms with Crippen LogP contribution in [0.5, 0.6) is 0 Å². The number of hydrogen-bond donors (Lipinski definition) is 0. The second-order valence-electron chi connectivity index (χ2n) is 2.23. The van der Waals surface area contributed by atoms with Crippen LogP contribution in [0.3, 0.4) is 0 Å². The lowest BCUT2D eigenvalue weighted by Crippen LogP contribution is -2.08. The van der Waals surface area contributed by atoms with Crippen molar-refractivity contribution in [1.82, 2.24) is 0 Å². The molecule has 0 aromatic rings. The molecule has 0 aromatic carbocycles. The Morgan fingerprint density at radius 2 is 2.67 bits per heavy atom. The molecule has 0 radical (unpaired) electrons. The molecule has 2 atom stereocenters. The number of ether oxygens (including phenoxy) is 1. The highest BCUT2D eigenvalue weighted by molar-refractivity contribution is 8.06. The second kappa shape index (κ2) is 3.28. The summed E-state index contributed by atoms with van der Waals surface area (Å²) in [6.07, 6.45) is 2.05. The summed E-state index contributed by atoms with van der Waals surface area (Å²) in [5.74, 6) is 1.28. The first-order valence-corrected chi connectivity index (χ1v) is 4.23. The van der Waals surface area contributed by atoms with Crippen molar-refractivity contribution in [1.29, 1.82) is 0 Å². The average Bonchev–Trinajstić information content (AvgIpc) is 2.65. The van der Waals surface area contributed by atoms with Crippen molar-refractivity contribution in [3.8, 4) is 0 Å². The van der Waals surface area contributed by atoms with Crippen LogP contribution in [0, 0.1) is 0 Å². The molecular weight excluding hydrogens is 132 g/mol. The van der Waals surface area contributed by atoms with Crippen LogP contribution in [0.25, 0.3) is 0 Å². The molecule has 1 rings (SSSR count). The van der Waals surface area contributed by atoms with Gasteiger partial charge in [-0.2, -0.15) is 11.8 Å². The molecule has 1 aliphatic heterocycles.